The van der Waals surface area contributed by atoms with E-state index in [9.17, 15) is 9.90 Å². The summed E-state index contributed by atoms with van der Waals surface area (Å²) in [6.45, 7) is 2.82. The summed E-state index contributed by atoms with van der Waals surface area (Å²) >= 11 is 0. The van der Waals surface area contributed by atoms with Crippen LogP contribution in [0, 0.1) is 5.92 Å². The SMILES string of the molecule is CNC(C(=O)O)C1CCCN(Cc2ccccc2)C1. The van der Waals surface area contributed by atoms with Crippen molar-refractivity contribution < 1.29 is 9.90 Å². The van der Waals surface area contributed by atoms with Crippen molar-refractivity contribution >= 4 is 5.97 Å². The van der Waals surface area contributed by atoms with Gasteiger partial charge in [0, 0.05) is 13.1 Å². The summed E-state index contributed by atoms with van der Waals surface area (Å²) in [7, 11) is 1.73. The standard InChI is InChI=1S/C15H22N2O2/c1-16-14(15(18)19)13-8-5-9-17(11-13)10-12-6-3-2-4-7-12/h2-4,6-7,13-14,16H,5,8-11H2,1H3,(H,18,19). The Kier molecular flexibility index (Phi) is 4.93. The summed E-state index contributed by atoms with van der Waals surface area (Å²) < 4.78 is 0. The van der Waals surface area contributed by atoms with Gasteiger partial charge in [-0.15, -0.1) is 0 Å². The van der Waals surface area contributed by atoms with E-state index in [1.165, 1.54) is 5.56 Å². The summed E-state index contributed by atoms with van der Waals surface area (Å²) in [5.74, 6) is -0.547. The number of benzene rings is 1. The highest BCUT2D eigenvalue weighted by atomic mass is 16.4. The van der Waals surface area contributed by atoms with Gasteiger partial charge in [-0.25, -0.2) is 0 Å². The van der Waals surface area contributed by atoms with Gasteiger partial charge in [0.2, 0.25) is 0 Å². The summed E-state index contributed by atoms with van der Waals surface area (Å²) in [5, 5.41) is 12.1. The van der Waals surface area contributed by atoms with Gasteiger partial charge in [-0.05, 0) is 37.9 Å². The third-order valence-electron chi connectivity index (χ3n) is 3.84. The van der Waals surface area contributed by atoms with Crippen LogP contribution in [0.25, 0.3) is 0 Å². The van der Waals surface area contributed by atoms with Gasteiger partial charge in [-0.1, -0.05) is 30.3 Å². The number of hydrogen-bond acceptors (Lipinski definition) is 3. The predicted molar refractivity (Wildman–Crippen MR) is 74.9 cm³/mol. The Morgan fingerprint density at radius 1 is 1.47 bits per heavy atom. The molecule has 1 aliphatic rings. The molecule has 0 saturated carbocycles. The fraction of sp³-hybridized carbons (Fsp3) is 0.533. The van der Waals surface area contributed by atoms with E-state index >= 15 is 0 Å². The molecule has 1 aliphatic heterocycles. The number of piperidine rings is 1. The van der Waals surface area contributed by atoms with Crippen molar-refractivity contribution in [2.45, 2.75) is 25.4 Å². The Labute approximate surface area is 114 Å². The van der Waals surface area contributed by atoms with Crippen molar-refractivity contribution in [3.63, 3.8) is 0 Å². The van der Waals surface area contributed by atoms with Crippen molar-refractivity contribution in [3.8, 4) is 0 Å². The highest BCUT2D eigenvalue weighted by Crippen LogP contribution is 2.21. The zero-order chi connectivity index (χ0) is 13.7. The van der Waals surface area contributed by atoms with Crippen molar-refractivity contribution in [2.24, 2.45) is 5.92 Å². The van der Waals surface area contributed by atoms with Crippen molar-refractivity contribution in [3.05, 3.63) is 35.9 Å². The minimum atomic E-state index is -0.742. The van der Waals surface area contributed by atoms with E-state index in [0.29, 0.717) is 0 Å². The Bertz CT molecular complexity index is 408. The maximum absolute atomic E-state index is 11.2. The average Bonchev–Trinajstić information content (AvgIpc) is 2.41. The van der Waals surface area contributed by atoms with E-state index in [0.717, 1.165) is 32.5 Å². The third kappa shape index (κ3) is 3.78. The number of nitrogens with zero attached hydrogens (tertiary/aromatic N) is 1. The molecule has 104 valence electrons. The van der Waals surface area contributed by atoms with E-state index < -0.39 is 12.0 Å². The number of hydrogen-bond donors (Lipinski definition) is 2. The largest absolute Gasteiger partial charge is 0.480 e. The lowest BCUT2D eigenvalue weighted by molar-refractivity contribution is -0.141. The Balaban J connectivity index is 1.95. The molecule has 0 amide bonds. The molecule has 4 heteroatoms. The van der Waals surface area contributed by atoms with E-state index in [2.05, 4.69) is 22.3 Å². The van der Waals surface area contributed by atoms with Crippen LogP contribution in [0.5, 0.6) is 0 Å². The Morgan fingerprint density at radius 3 is 2.84 bits per heavy atom. The molecular weight excluding hydrogens is 240 g/mol. The highest BCUT2D eigenvalue weighted by molar-refractivity contribution is 5.73. The zero-order valence-electron chi connectivity index (χ0n) is 11.4. The fourth-order valence-corrected chi connectivity index (χ4v) is 2.91. The van der Waals surface area contributed by atoms with Gasteiger partial charge >= 0.3 is 5.97 Å². The Hall–Kier alpha value is -1.39. The lowest BCUT2D eigenvalue weighted by atomic mass is 9.90. The number of carboxylic acids is 1. The Morgan fingerprint density at radius 2 is 2.21 bits per heavy atom. The van der Waals surface area contributed by atoms with Crippen LogP contribution in [0.15, 0.2) is 30.3 Å². The number of rotatable bonds is 5. The summed E-state index contributed by atoms with van der Waals surface area (Å²) in [6, 6.07) is 9.92. The molecule has 1 heterocycles. The van der Waals surface area contributed by atoms with E-state index in [1.807, 2.05) is 18.2 Å². The normalized spacial score (nSPS) is 22.1. The minimum absolute atomic E-state index is 0.194. The molecule has 1 fully saturated rings. The lowest BCUT2D eigenvalue weighted by Gasteiger charge is -2.35. The van der Waals surface area contributed by atoms with Gasteiger partial charge in [0.25, 0.3) is 0 Å². The molecule has 0 radical (unpaired) electrons. The quantitative estimate of drug-likeness (QED) is 0.846. The van der Waals surface area contributed by atoms with Gasteiger partial charge in [0.05, 0.1) is 0 Å². The number of likely N-dealkylation sites (N-methyl/N-ethyl adjacent to an activating group) is 1. The molecule has 4 nitrogen and oxygen atoms in total. The van der Waals surface area contributed by atoms with E-state index in [4.69, 9.17) is 0 Å². The van der Waals surface area contributed by atoms with E-state index in [1.54, 1.807) is 7.05 Å². The van der Waals surface area contributed by atoms with Gasteiger partial charge in [-0.3, -0.25) is 9.69 Å². The number of likely N-dealkylation sites (tertiary alicyclic amines) is 1. The minimum Gasteiger partial charge on any atom is -0.480 e. The van der Waals surface area contributed by atoms with Gasteiger partial charge in [-0.2, -0.15) is 0 Å². The molecule has 2 atom stereocenters. The first-order valence-electron chi connectivity index (χ1n) is 6.87. The second kappa shape index (κ2) is 6.68. The summed E-state index contributed by atoms with van der Waals surface area (Å²) in [6.07, 6.45) is 2.06. The molecule has 19 heavy (non-hydrogen) atoms. The van der Waals surface area contributed by atoms with Crippen LogP contribution < -0.4 is 5.32 Å². The molecule has 2 rings (SSSR count). The van der Waals surface area contributed by atoms with Crippen LogP contribution in [-0.4, -0.2) is 42.2 Å². The maximum Gasteiger partial charge on any atom is 0.321 e. The smallest absolute Gasteiger partial charge is 0.321 e. The van der Waals surface area contributed by atoms with Crippen LogP contribution in [-0.2, 0) is 11.3 Å². The van der Waals surface area contributed by atoms with Crippen LogP contribution in [0.2, 0.25) is 0 Å². The first kappa shape index (κ1) is 14.0. The molecule has 2 unspecified atom stereocenters. The van der Waals surface area contributed by atoms with Crippen LogP contribution in [0.1, 0.15) is 18.4 Å². The molecule has 0 aliphatic carbocycles. The number of carboxylic acid groups (broad SMARTS) is 1. The van der Waals surface area contributed by atoms with Gasteiger partial charge in [0.1, 0.15) is 6.04 Å². The van der Waals surface area contributed by atoms with Crippen molar-refractivity contribution in [1.29, 1.82) is 0 Å². The number of nitrogens with one attached hydrogen (secondary N) is 1. The van der Waals surface area contributed by atoms with Crippen LogP contribution in [0.4, 0.5) is 0 Å². The van der Waals surface area contributed by atoms with Crippen LogP contribution >= 0.6 is 0 Å². The monoisotopic (exact) mass is 262 g/mol. The predicted octanol–water partition coefficient (Wildman–Crippen LogP) is 1.57. The molecule has 0 bridgehead atoms. The fourth-order valence-electron chi connectivity index (χ4n) is 2.91. The zero-order valence-corrected chi connectivity index (χ0v) is 11.4. The second-order valence-corrected chi connectivity index (χ2v) is 5.23. The highest BCUT2D eigenvalue weighted by Gasteiger charge is 2.30. The van der Waals surface area contributed by atoms with Crippen molar-refractivity contribution in [1.82, 2.24) is 10.2 Å². The van der Waals surface area contributed by atoms with Crippen molar-refractivity contribution in [2.75, 3.05) is 20.1 Å². The maximum atomic E-state index is 11.2. The molecule has 0 aromatic heterocycles. The first-order valence-corrected chi connectivity index (χ1v) is 6.87. The first-order chi connectivity index (χ1) is 9.20. The topological polar surface area (TPSA) is 52.6 Å². The third-order valence-corrected chi connectivity index (χ3v) is 3.84. The van der Waals surface area contributed by atoms with E-state index in [-0.39, 0.29) is 5.92 Å². The molecule has 1 aromatic rings. The second-order valence-electron chi connectivity index (χ2n) is 5.23. The molecule has 1 saturated heterocycles. The van der Waals surface area contributed by atoms with Gasteiger partial charge < -0.3 is 10.4 Å². The molecule has 1 aromatic carbocycles. The van der Waals surface area contributed by atoms with Crippen LogP contribution in [0.3, 0.4) is 0 Å². The summed E-state index contributed by atoms with van der Waals surface area (Å²) in [4.78, 5) is 13.6. The average molecular weight is 262 g/mol. The molecule has 0 spiro atoms. The molecular formula is C15H22N2O2. The molecule has 2 N–H and O–H groups in total. The number of carbonyl (C=O) groups is 1. The summed E-state index contributed by atoms with van der Waals surface area (Å²) in [5.41, 5.74) is 1.29. The number of aliphatic carboxylic acids is 1. The lowest BCUT2D eigenvalue weighted by Crippen LogP contribution is -2.48. The van der Waals surface area contributed by atoms with Gasteiger partial charge in [0.15, 0.2) is 0 Å².